The van der Waals surface area contributed by atoms with E-state index in [0.29, 0.717) is 0 Å². The smallest absolute Gasteiger partial charge is 0.00161 e. The lowest BCUT2D eigenvalue weighted by Crippen LogP contribution is -2.26. The summed E-state index contributed by atoms with van der Waals surface area (Å²) in [6, 6.07) is 0. The molecule has 0 aliphatic carbocycles. The SMILES string of the molecule is CC(P)(P)CC(P)(P)CC(C)(P)P. The van der Waals surface area contributed by atoms with Crippen molar-refractivity contribution in [1.29, 1.82) is 0 Å². The zero-order valence-corrected chi connectivity index (χ0v) is 15.3. The Labute approximate surface area is 96.9 Å². The second-order valence-corrected chi connectivity index (χ2v) is 14.2. The standard InChI is InChI=1S/C7H22P6/c1-5(8,9)3-7(12,13)4-6(2,10)11/h3-4,8-13H2,1-2H3. The summed E-state index contributed by atoms with van der Waals surface area (Å²) < 4.78 is 0. The Morgan fingerprint density at radius 1 is 0.692 bits per heavy atom. The molecule has 6 heteroatoms. The van der Waals surface area contributed by atoms with Crippen LogP contribution in [0.25, 0.3) is 0 Å². The molecule has 0 aliphatic heterocycles. The molecule has 6 unspecified atom stereocenters. The molecule has 0 rings (SSSR count). The third kappa shape index (κ3) is 10.9. The van der Waals surface area contributed by atoms with Crippen molar-refractivity contribution < 1.29 is 0 Å². The Kier molecular flexibility index (Phi) is 6.32. The van der Waals surface area contributed by atoms with E-state index >= 15 is 0 Å². The van der Waals surface area contributed by atoms with Gasteiger partial charge in [0.05, 0.1) is 0 Å². The molecule has 0 bridgehead atoms. The predicted octanol–water partition coefficient (Wildman–Crippen LogP) is 3.15. The van der Waals surface area contributed by atoms with Gasteiger partial charge >= 0.3 is 0 Å². The molecule has 13 heavy (non-hydrogen) atoms. The second-order valence-electron chi connectivity index (χ2n) is 4.60. The first kappa shape index (κ1) is 15.6. The monoisotopic (exact) mass is 292 g/mol. The largest absolute Gasteiger partial charge is 0.127 e. The van der Waals surface area contributed by atoms with Gasteiger partial charge in [-0.25, -0.2) is 0 Å². The molecule has 0 heterocycles. The molecule has 0 spiro atoms. The molecule has 0 aliphatic rings. The van der Waals surface area contributed by atoms with Crippen molar-refractivity contribution in [3.8, 4) is 0 Å². The van der Waals surface area contributed by atoms with Crippen LogP contribution in [0, 0.1) is 0 Å². The minimum atomic E-state index is 0.219. The van der Waals surface area contributed by atoms with Gasteiger partial charge in [-0.1, -0.05) is 13.8 Å². The van der Waals surface area contributed by atoms with Crippen LogP contribution in [0.3, 0.4) is 0 Å². The van der Waals surface area contributed by atoms with Crippen molar-refractivity contribution in [3.63, 3.8) is 0 Å². The summed E-state index contributed by atoms with van der Waals surface area (Å²) in [5, 5.41) is 0. The molecule has 0 N–H and O–H groups in total. The van der Waals surface area contributed by atoms with Crippen LogP contribution in [0.4, 0.5) is 0 Å². The molecule has 0 nitrogen and oxygen atoms in total. The van der Waals surface area contributed by atoms with Gasteiger partial charge in [-0.15, -0.1) is 55.4 Å². The summed E-state index contributed by atoms with van der Waals surface area (Å²) in [5.74, 6) is 0. The predicted molar refractivity (Wildman–Crippen MR) is 87.0 cm³/mol. The van der Waals surface area contributed by atoms with Gasteiger partial charge in [0, 0.05) is 4.90 Å². The third-order valence-corrected chi connectivity index (χ3v) is 3.05. The molecule has 6 atom stereocenters. The summed E-state index contributed by atoms with van der Waals surface area (Å²) >= 11 is 0. The van der Waals surface area contributed by atoms with Crippen LogP contribution in [-0.4, -0.2) is 14.7 Å². The summed E-state index contributed by atoms with van der Waals surface area (Å²) in [5.41, 5.74) is 0. The van der Waals surface area contributed by atoms with E-state index in [-0.39, 0.29) is 14.7 Å². The van der Waals surface area contributed by atoms with Gasteiger partial charge in [0.2, 0.25) is 0 Å². The van der Waals surface area contributed by atoms with Gasteiger partial charge in [0.25, 0.3) is 0 Å². The highest BCUT2D eigenvalue weighted by molar-refractivity contribution is 7.43. The molecule has 0 saturated heterocycles. The topological polar surface area (TPSA) is 0 Å². The van der Waals surface area contributed by atoms with Crippen LogP contribution < -0.4 is 0 Å². The fraction of sp³-hybridized carbons (Fsp3) is 1.00. The highest BCUT2D eigenvalue weighted by Crippen LogP contribution is 2.49. The van der Waals surface area contributed by atoms with Crippen molar-refractivity contribution in [2.75, 3.05) is 0 Å². The highest BCUT2D eigenvalue weighted by Gasteiger charge is 2.30. The van der Waals surface area contributed by atoms with Crippen molar-refractivity contribution >= 4 is 55.4 Å². The van der Waals surface area contributed by atoms with Gasteiger partial charge < -0.3 is 0 Å². The molecule has 0 saturated carbocycles. The van der Waals surface area contributed by atoms with Crippen LogP contribution in [0.5, 0.6) is 0 Å². The normalized spacial score (nSPS) is 14.8. The molecular formula is C7H22P6. The Hall–Kier alpha value is 2.58. The van der Waals surface area contributed by atoms with Gasteiger partial charge in [0.1, 0.15) is 0 Å². The van der Waals surface area contributed by atoms with Gasteiger partial charge in [-0.05, 0) is 22.6 Å². The Morgan fingerprint density at radius 3 is 1.08 bits per heavy atom. The Bertz CT molecular complexity index is 145. The highest BCUT2D eigenvalue weighted by atomic mass is 31.1. The molecule has 0 aromatic heterocycles. The van der Waals surface area contributed by atoms with E-state index in [2.05, 4.69) is 69.3 Å². The first-order valence-electron chi connectivity index (χ1n) is 4.15. The molecule has 0 fully saturated rings. The van der Waals surface area contributed by atoms with Crippen LogP contribution >= 0.6 is 55.4 Å². The van der Waals surface area contributed by atoms with Gasteiger partial charge in [0.15, 0.2) is 0 Å². The van der Waals surface area contributed by atoms with E-state index in [0.717, 1.165) is 12.8 Å². The quantitative estimate of drug-likeness (QED) is 0.698. The van der Waals surface area contributed by atoms with Gasteiger partial charge in [-0.2, -0.15) is 0 Å². The maximum atomic E-state index is 2.95. The van der Waals surface area contributed by atoms with E-state index in [4.69, 9.17) is 0 Å². The summed E-state index contributed by atoms with van der Waals surface area (Å²) in [4.78, 5) is 0.671. The lowest BCUT2D eigenvalue weighted by Gasteiger charge is -2.36. The zero-order valence-electron chi connectivity index (χ0n) is 8.38. The second kappa shape index (κ2) is 5.27. The van der Waals surface area contributed by atoms with Crippen molar-refractivity contribution in [1.82, 2.24) is 0 Å². The minimum Gasteiger partial charge on any atom is -0.127 e. The van der Waals surface area contributed by atoms with Crippen LogP contribution in [0.15, 0.2) is 0 Å². The van der Waals surface area contributed by atoms with Crippen LogP contribution in [0.1, 0.15) is 26.7 Å². The van der Waals surface area contributed by atoms with Crippen molar-refractivity contribution in [2.24, 2.45) is 0 Å². The summed E-state index contributed by atoms with van der Waals surface area (Å²) in [7, 11) is 17.4. The fourth-order valence-electron chi connectivity index (χ4n) is 1.48. The zero-order chi connectivity index (χ0) is 10.9. The Balaban J connectivity index is 4.25. The van der Waals surface area contributed by atoms with Crippen molar-refractivity contribution in [2.45, 2.75) is 41.4 Å². The first-order valence-corrected chi connectivity index (χ1v) is 7.61. The van der Waals surface area contributed by atoms with E-state index in [9.17, 15) is 0 Å². The molecular weight excluding hydrogens is 270 g/mol. The third-order valence-electron chi connectivity index (χ3n) is 1.42. The van der Waals surface area contributed by atoms with Crippen LogP contribution in [0.2, 0.25) is 0 Å². The summed E-state index contributed by atoms with van der Waals surface area (Å²) in [6.45, 7) is 4.43. The first-order chi connectivity index (χ1) is 5.41. The minimum absolute atomic E-state index is 0.219. The van der Waals surface area contributed by atoms with E-state index in [1.807, 2.05) is 0 Å². The molecule has 0 radical (unpaired) electrons. The lowest BCUT2D eigenvalue weighted by molar-refractivity contribution is 0.612. The van der Waals surface area contributed by atoms with E-state index < -0.39 is 0 Å². The summed E-state index contributed by atoms with van der Waals surface area (Å²) in [6.07, 6.45) is 2.26. The fourth-order valence-corrected chi connectivity index (χ4v) is 6.65. The van der Waals surface area contributed by atoms with Gasteiger partial charge in [-0.3, -0.25) is 0 Å². The van der Waals surface area contributed by atoms with E-state index in [1.165, 1.54) is 0 Å². The van der Waals surface area contributed by atoms with Crippen LogP contribution in [-0.2, 0) is 0 Å². The Morgan fingerprint density at radius 2 is 0.923 bits per heavy atom. The molecule has 80 valence electrons. The average molecular weight is 292 g/mol. The maximum absolute atomic E-state index is 2.95. The maximum Gasteiger partial charge on any atom is 0.00161 e. The molecule has 0 aromatic carbocycles. The molecule has 0 aromatic rings. The number of rotatable bonds is 4. The number of hydrogen-bond donors (Lipinski definition) is 0. The van der Waals surface area contributed by atoms with Crippen molar-refractivity contribution in [3.05, 3.63) is 0 Å². The number of hydrogen-bond acceptors (Lipinski definition) is 0. The average Bonchev–Trinajstić information content (AvgIpc) is 1.43. The van der Waals surface area contributed by atoms with E-state index in [1.54, 1.807) is 0 Å². The lowest BCUT2D eigenvalue weighted by atomic mass is 10.1. The molecule has 0 amide bonds.